The molecule has 0 radical (unpaired) electrons. The van der Waals surface area contributed by atoms with E-state index in [0.717, 1.165) is 54.9 Å². The van der Waals surface area contributed by atoms with Gasteiger partial charge in [-0.3, -0.25) is 9.78 Å². The molecule has 0 aliphatic carbocycles. The van der Waals surface area contributed by atoms with Crippen molar-refractivity contribution in [3.8, 4) is 0 Å². The van der Waals surface area contributed by atoms with Gasteiger partial charge in [0, 0.05) is 28.2 Å². The minimum absolute atomic E-state index is 0.117. The number of amides is 1. The van der Waals surface area contributed by atoms with Gasteiger partial charge in [-0.1, -0.05) is 65.8 Å². The van der Waals surface area contributed by atoms with Crippen LogP contribution < -0.4 is 5.32 Å². The molecule has 7 heteroatoms. The third-order valence-electron chi connectivity index (χ3n) is 6.05. The third kappa shape index (κ3) is 5.30. The Morgan fingerprint density at radius 3 is 2.47 bits per heavy atom. The average molecular weight is 513 g/mol. The lowest BCUT2D eigenvalue weighted by Gasteiger charge is -2.12. The summed E-state index contributed by atoms with van der Waals surface area (Å²) in [6.07, 6.45) is 3.60. The monoisotopic (exact) mass is 512 g/mol. The van der Waals surface area contributed by atoms with Gasteiger partial charge in [0.05, 0.1) is 23.8 Å². The Kier molecular flexibility index (Phi) is 7.07. The number of imidazole rings is 1. The van der Waals surface area contributed by atoms with Gasteiger partial charge in [-0.15, -0.1) is 0 Å². The van der Waals surface area contributed by atoms with Crippen LogP contribution in [0.1, 0.15) is 32.6 Å². The summed E-state index contributed by atoms with van der Waals surface area (Å²) in [6.45, 7) is 4.62. The number of para-hydroxylation sites is 1. The number of anilines is 1. The lowest BCUT2D eigenvalue weighted by molar-refractivity contribution is 0.102. The zero-order valence-electron chi connectivity index (χ0n) is 20.0. The minimum Gasteiger partial charge on any atom is -0.322 e. The fraction of sp³-hybridized carbons (Fsp3) is 0.138. The maximum Gasteiger partial charge on any atom is 0.255 e. The highest BCUT2D eigenvalue weighted by Crippen LogP contribution is 2.28. The highest BCUT2D eigenvalue weighted by molar-refractivity contribution is 7.98. The summed E-state index contributed by atoms with van der Waals surface area (Å²) < 4.78 is 2.17. The van der Waals surface area contributed by atoms with Crippen molar-refractivity contribution < 1.29 is 4.79 Å². The van der Waals surface area contributed by atoms with E-state index in [2.05, 4.69) is 20.9 Å². The number of aromatic nitrogens is 3. The number of pyridine rings is 1. The zero-order chi connectivity index (χ0) is 25.1. The van der Waals surface area contributed by atoms with E-state index in [-0.39, 0.29) is 5.91 Å². The van der Waals surface area contributed by atoms with Crippen LogP contribution in [0, 0.1) is 13.8 Å². The number of halogens is 1. The first-order valence-electron chi connectivity index (χ1n) is 11.6. The second-order valence-electron chi connectivity index (χ2n) is 8.68. The van der Waals surface area contributed by atoms with E-state index in [1.54, 1.807) is 18.0 Å². The van der Waals surface area contributed by atoms with Crippen LogP contribution in [0.2, 0.25) is 5.02 Å². The standard InChI is InChI=1S/C29H25ClN4OS/c1-19-5-3-6-20(2)27(19)33-28(35)23-11-9-21(10-12-23)17-34-26-16-31-14-13-25(26)32-29(34)36-18-22-7-4-8-24(30)15-22/h3-16H,17-18H2,1-2H3,(H,33,35). The fourth-order valence-corrected chi connectivity index (χ4v) is 5.30. The minimum atomic E-state index is -0.117. The van der Waals surface area contributed by atoms with E-state index in [1.807, 2.05) is 86.8 Å². The Morgan fingerprint density at radius 2 is 1.72 bits per heavy atom. The molecular weight excluding hydrogens is 488 g/mol. The van der Waals surface area contributed by atoms with Gasteiger partial charge in [-0.25, -0.2) is 4.98 Å². The Hall–Kier alpha value is -3.61. The highest BCUT2D eigenvalue weighted by Gasteiger charge is 2.14. The SMILES string of the molecule is Cc1cccc(C)c1NC(=O)c1ccc(Cn2c(SCc3cccc(Cl)c3)nc3ccncc32)cc1. The number of benzene rings is 3. The van der Waals surface area contributed by atoms with Gasteiger partial charge in [-0.2, -0.15) is 0 Å². The number of rotatable bonds is 7. The summed E-state index contributed by atoms with van der Waals surface area (Å²) in [7, 11) is 0. The van der Waals surface area contributed by atoms with Gasteiger partial charge < -0.3 is 9.88 Å². The topological polar surface area (TPSA) is 59.8 Å². The number of hydrogen-bond donors (Lipinski definition) is 1. The molecule has 5 aromatic rings. The van der Waals surface area contributed by atoms with Crippen LogP contribution in [0.5, 0.6) is 0 Å². The summed E-state index contributed by atoms with van der Waals surface area (Å²) in [4.78, 5) is 22.0. The summed E-state index contributed by atoms with van der Waals surface area (Å²) in [5, 5.41) is 4.70. The molecule has 0 bridgehead atoms. The van der Waals surface area contributed by atoms with Crippen molar-refractivity contribution in [2.45, 2.75) is 31.3 Å². The number of carbonyl (C=O) groups excluding carboxylic acids is 1. The normalized spacial score (nSPS) is 11.1. The van der Waals surface area contributed by atoms with Crippen molar-refractivity contribution in [2.75, 3.05) is 5.32 Å². The maximum atomic E-state index is 12.9. The quantitative estimate of drug-likeness (QED) is 0.232. The van der Waals surface area contributed by atoms with Crippen molar-refractivity contribution >= 4 is 46.0 Å². The Bertz CT molecular complexity index is 1530. The van der Waals surface area contributed by atoms with Gasteiger partial charge in [0.25, 0.3) is 5.91 Å². The lowest BCUT2D eigenvalue weighted by Crippen LogP contribution is -2.14. The van der Waals surface area contributed by atoms with Gasteiger partial charge in [0.15, 0.2) is 5.16 Å². The second kappa shape index (κ2) is 10.6. The maximum absolute atomic E-state index is 12.9. The molecule has 0 aliphatic heterocycles. The van der Waals surface area contributed by atoms with Crippen molar-refractivity contribution in [3.63, 3.8) is 0 Å². The molecule has 0 aliphatic rings. The molecule has 0 unspecified atom stereocenters. The van der Waals surface area contributed by atoms with Crippen molar-refractivity contribution in [1.82, 2.24) is 14.5 Å². The van der Waals surface area contributed by atoms with Crippen LogP contribution in [0.3, 0.4) is 0 Å². The first kappa shape index (κ1) is 24.1. The van der Waals surface area contributed by atoms with Gasteiger partial charge >= 0.3 is 0 Å². The molecule has 5 rings (SSSR count). The second-order valence-corrected chi connectivity index (χ2v) is 10.1. The lowest BCUT2D eigenvalue weighted by atomic mass is 10.1. The summed E-state index contributed by atoms with van der Waals surface area (Å²) >= 11 is 7.83. The number of nitrogens with zero attached hydrogens (tertiary/aromatic N) is 3. The Morgan fingerprint density at radius 1 is 0.972 bits per heavy atom. The van der Waals surface area contributed by atoms with Crippen LogP contribution in [0.4, 0.5) is 5.69 Å². The fourth-order valence-electron chi connectivity index (χ4n) is 4.13. The van der Waals surface area contributed by atoms with Gasteiger partial charge in [0.2, 0.25) is 0 Å². The highest BCUT2D eigenvalue weighted by atomic mass is 35.5. The van der Waals surface area contributed by atoms with Crippen LogP contribution >= 0.6 is 23.4 Å². The molecule has 3 aromatic carbocycles. The van der Waals surface area contributed by atoms with Crippen molar-refractivity contribution in [2.24, 2.45) is 0 Å². The number of aryl methyl sites for hydroxylation is 2. The van der Waals surface area contributed by atoms with E-state index in [1.165, 1.54) is 0 Å². The molecule has 0 saturated carbocycles. The average Bonchev–Trinajstić information content (AvgIpc) is 3.23. The van der Waals surface area contributed by atoms with Gasteiger partial charge in [-0.05, 0) is 66.4 Å². The number of thioether (sulfide) groups is 1. The van der Waals surface area contributed by atoms with E-state index in [4.69, 9.17) is 16.6 Å². The first-order chi connectivity index (χ1) is 17.5. The molecule has 1 N–H and O–H groups in total. The number of nitrogens with one attached hydrogen (secondary N) is 1. The molecule has 2 heterocycles. The Labute approximate surface area is 219 Å². The van der Waals surface area contributed by atoms with Crippen LogP contribution in [0.25, 0.3) is 11.0 Å². The predicted octanol–water partition coefficient (Wildman–Crippen LogP) is 7.29. The van der Waals surface area contributed by atoms with Crippen LogP contribution in [-0.4, -0.2) is 20.4 Å². The molecule has 0 fully saturated rings. The largest absolute Gasteiger partial charge is 0.322 e. The summed E-state index contributed by atoms with van der Waals surface area (Å²) in [6, 6.07) is 23.5. The molecule has 36 heavy (non-hydrogen) atoms. The zero-order valence-corrected chi connectivity index (χ0v) is 21.6. The molecule has 5 nitrogen and oxygen atoms in total. The third-order valence-corrected chi connectivity index (χ3v) is 7.33. The predicted molar refractivity (Wildman–Crippen MR) is 148 cm³/mol. The molecule has 1 amide bonds. The van der Waals surface area contributed by atoms with Gasteiger partial charge in [0.1, 0.15) is 0 Å². The summed E-state index contributed by atoms with van der Waals surface area (Å²) in [5.74, 6) is 0.642. The molecule has 0 atom stereocenters. The Balaban J connectivity index is 1.36. The van der Waals surface area contributed by atoms with Crippen LogP contribution in [-0.2, 0) is 12.3 Å². The van der Waals surface area contributed by atoms with Crippen LogP contribution in [0.15, 0.2) is 90.3 Å². The van der Waals surface area contributed by atoms with E-state index < -0.39 is 0 Å². The first-order valence-corrected chi connectivity index (χ1v) is 13.0. The number of hydrogen-bond acceptors (Lipinski definition) is 4. The molecule has 0 spiro atoms. The molecule has 2 aromatic heterocycles. The van der Waals surface area contributed by atoms with E-state index in [9.17, 15) is 4.79 Å². The number of fused-ring (bicyclic) bond motifs is 1. The molecule has 0 saturated heterocycles. The summed E-state index contributed by atoms with van der Waals surface area (Å²) in [5.41, 5.74) is 7.67. The molecular formula is C29H25ClN4OS. The van der Waals surface area contributed by atoms with Crippen molar-refractivity contribution in [1.29, 1.82) is 0 Å². The van der Waals surface area contributed by atoms with E-state index >= 15 is 0 Å². The van der Waals surface area contributed by atoms with E-state index in [0.29, 0.717) is 12.1 Å². The number of carbonyl (C=O) groups is 1. The molecule has 180 valence electrons. The smallest absolute Gasteiger partial charge is 0.255 e. The van der Waals surface area contributed by atoms with Crippen molar-refractivity contribution in [3.05, 3.63) is 118 Å².